The minimum Gasteiger partial charge on any atom is -0.288 e. The Morgan fingerprint density at radius 1 is 1.36 bits per heavy atom. The summed E-state index contributed by atoms with van der Waals surface area (Å²) < 4.78 is 0. The largest absolute Gasteiger partial charge is 0.288 e. The van der Waals surface area contributed by atoms with Crippen molar-refractivity contribution in [1.29, 1.82) is 0 Å². The van der Waals surface area contributed by atoms with E-state index >= 15 is 0 Å². The molecule has 0 aliphatic carbocycles. The molecule has 1 aliphatic rings. The number of aromatic nitrogens is 1. The zero-order valence-electron chi connectivity index (χ0n) is 5.82. The molecule has 1 aromatic rings. The lowest BCUT2D eigenvalue weighted by Gasteiger charge is -1.83. The summed E-state index contributed by atoms with van der Waals surface area (Å²) in [5, 5.41) is 0. The van der Waals surface area contributed by atoms with Crippen molar-refractivity contribution in [3.05, 3.63) is 39.8 Å². The fourth-order valence-electron chi connectivity index (χ4n) is 1.03. The third-order valence-electron chi connectivity index (χ3n) is 1.62. The number of aliphatic imine (C=N–C) groups is 1. The van der Waals surface area contributed by atoms with Crippen LogP contribution in [0, 0.1) is 0 Å². The Kier molecular flexibility index (Phi) is 1.28. The second kappa shape index (κ2) is 2.27. The Morgan fingerprint density at radius 3 is 3.18 bits per heavy atom. The topological polar surface area (TPSA) is 42.3 Å². The molecule has 3 heteroatoms. The summed E-state index contributed by atoms with van der Waals surface area (Å²) in [6, 6.07) is 3.24. The summed E-state index contributed by atoms with van der Waals surface area (Å²) in [6.45, 7) is 0.672. The van der Waals surface area contributed by atoms with Gasteiger partial charge in [-0.15, -0.1) is 0 Å². The van der Waals surface area contributed by atoms with Crippen molar-refractivity contribution in [2.45, 2.75) is 6.54 Å². The normalized spacial score (nSPS) is 13.1. The second-order valence-electron chi connectivity index (χ2n) is 2.38. The van der Waals surface area contributed by atoms with Gasteiger partial charge in [-0.2, -0.15) is 0 Å². The number of nitrogens with zero attached hydrogens (tertiary/aromatic N) is 2. The highest BCUT2D eigenvalue weighted by Gasteiger charge is 2.02. The first kappa shape index (κ1) is 6.22. The first-order chi connectivity index (χ1) is 5.36. The van der Waals surface area contributed by atoms with Crippen LogP contribution < -0.4 is 5.56 Å². The van der Waals surface area contributed by atoms with E-state index < -0.39 is 0 Å². The van der Waals surface area contributed by atoms with Gasteiger partial charge < -0.3 is 0 Å². The van der Waals surface area contributed by atoms with Crippen LogP contribution in [0.4, 0.5) is 0 Å². The average Bonchev–Trinajstić information content (AvgIpc) is 2.38. The molecule has 0 unspecified atom stereocenters. The molecule has 11 heavy (non-hydrogen) atoms. The van der Waals surface area contributed by atoms with E-state index in [1.54, 1.807) is 18.5 Å². The van der Waals surface area contributed by atoms with E-state index in [0.717, 1.165) is 11.1 Å². The zero-order valence-corrected chi connectivity index (χ0v) is 5.82. The fraction of sp³-hybridized carbons (Fsp3) is 0.125. The molecule has 0 fully saturated rings. The molecule has 0 spiro atoms. The van der Waals surface area contributed by atoms with Crippen molar-refractivity contribution < 1.29 is 0 Å². The van der Waals surface area contributed by atoms with Crippen molar-refractivity contribution in [3.63, 3.8) is 0 Å². The smallest absolute Gasteiger partial charge is 0.269 e. The van der Waals surface area contributed by atoms with Gasteiger partial charge in [0.15, 0.2) is 0 Å². The number of hydrogen-bond acceptors (Lipinski definition) is 3. The number of hydrogen-bond donors (Lipinski definition) is 0. The van der Waals surface area contributed by atoms with E-state index in [1.165, 1.54) is 6.07 Å². The number of fused-ring (bicyclic) bond motifs is 1. The van der Waals surface area contributed by atoms with Gasteiger partial charge in [0, 0.05) is 24.0 Å². The molecular weight excluding hydrogens is 140 g/mol. The van der Waals surface area contributed by atoms with Crippen LogP contribution in [-0.4, -0.2) is 11.2 Å². The average molecular weight is 146 g/mol. The van der Waals surface area contributed by atoms with Gasteiger partial charge in [-0.3, -0.25) is 9.79 Å². The molecule has 0 N–H and O–H groups in total. The molecule has 0 atom stereocenters. The Bertz CT molecular complexity index is 371. The molecule has 0 aromatic carbocycles. The van der Waals surface area contributed by atoms with Gasteiger partial charge in [0.05, 0.1) is 6.54 Å². The zero-order chi connectivity index (χ0) is 7.68. The van der Waals surface area contributed by atoms with Gasteiger partial charge in [-0.1, -0.05) is 6.07 Å². The van der Waals surface area contributed by atoms with Crippen molar-refractivity contribution in [3.8, 4) is 0 Å². The first-order valence-electron chi connectivity index (χ1n) is 3.35. The van der Waals surface area contributed by atoms with Gasteiger partial charge >= 0.3 is 0 Å². The quantitative estimate of drug-likeness (QED) is 0.530. The summed E-state index contributed by atoms with van der Waals surface area (Å²) in [4.78, 5) is 18.5. The second-order valence-corrected chi connectivity index (χ2v) is 2.38. The summed E-state index contributed by atoms with van der Waals surface area (Å²) in [7, 11) is 0. The maximum absolute atomic E-state index is 10.8. The van der Waals surface area contributed by atoms with Crippen LogP contribution in [0.2, 0.25) is 0 Å². The van der Waals surface area contributed by atoms with Crippen LogP contribution in [0.25, 0.3) is 0 Å². The predicted octanol–water partition coefficient (Wildman–Crippen LogP) is 0.374. The van der Waals surface area contributed by atoms with Gasteiger partial charge in [-0.25, -0.2) is 4.98 Å². The molecule has 3 nitrogen and oxygen atoms in total. The summed E-state index contributed by atoms with van der Waals surface area (Å²) >= 11 is 0. The van der Waals surface area contributed by atoms with Crippen LogP contribution in [0.1, 0.15) is 11.1 Å². The molecule has 2 heterocycles. The molecule has 0 radical (unpaired) electrons. The van der Waals surface area contributed by atoms with E-state index in [1.807, 2.05) is 0 Å². The Labute approximate surface area is 63.4 Å². The Hall–Kier alpha value is -1.51. The van der Waals surface area contributed by atoms with Gasteiger partial charge in [0.2, 0.25) is 0 Å². The predicted molar refractivity (Wildman–Crippen MR) is 41.8 cm³/mol. The highest BCUT2D eigenvalue weighted by atomic mass is 16.1. The van der Waals surface area contributed by atoms with Crippen molar-refractivity contribution in [2.24, 2.45) is 4.99 Å². The third kappa shape index (κ3) is 1.05. The molecule has 54 valence electrons. The van der Waals surface area contributed by atoms with E-state index in [9.17, 15) is 4.79 Å². The minimum atomic E-state index is -0.201. The summed E-state index contributed by atoms with van der Waals surface area (Å²) in [5.41, 5.74) is 1.82. The van der Waals surface area contributed by atoms with E-state index in [-0.39, 0.29) is 5.56 Å². The standard InChI is InChI=1S/C8H6N2O/c11-8-2-1-6-3-9-4-7(6)5-10-8/h1-2,4-5H,3H2. The Morgan fingerprint density at radius 2 is 2.27 bits per heavy atom. The molecule has 0 saturated carbocycles. The highest BCUT2D eigenvalue weighted by molar-refractivity contribution is 5.83. The molecule has 1 aromatic heterocycles. The maximum Gasteiger partial charge on any atom is 0.269 e. The van der Waals surface area contributed by atoms with Crippen molar-refractivity contribution in [2.75, 3.05) is 0 Å². The molecule has 2 rings (SSSR count). The molecule has 1 aliphatic heterocycles. The lowest BCUT2D eigenvalue weighted by Crippen LogP contribution is -1.96. The van der Waals surface area contributed by atoms with Gasteiger partial charge in [-0.05, 0) is 5.56 Å². The summed E-state index contributed by atoms with van der Waals surface area (Å²) in [6.07, 6.45) is 3.30. The molecule has 0 saturated heterocycles. The highest BCUT2D eigenvalue weighted by Crippen LogP contribution is 2.09. The van der Waals surface area contributed by atoms with Crippen LogP contribution in [0.15, 0.2) is 28.1 Å². The van der Waals surface area contributed by atoms with Crippen LogP contribution in [-0.2, 0) is 6.54 Å². The monoisotopic (exact) mass is 146 g/mol. The molecule has 0 bridgehead atoms. The van der Waals surface area contributed by atoms with E-state index in [0.29, 0.717) is 6.54 Å². The minimum absolute atomic E-state index is 0.201. The Balaban J connectivity index is 2.72. The van der Waals surface area contributed by atoms with Gasteiger partial charge in [0.25, 0.3) is 5.56 Å². The molecular formula is C8H6N2O. The van der Waals surface area contributed by atoms with Crippen molar-refractivity contribution in [1.82, 2.24) is 4.98 Å². The maximum atomic E-state index is 10.8. The lowest BCUT2D eigenvalue weighted by molar-refractivity contribution is 1.11. The fourth-order valence-corrected chi connectivity index (χ4v) is 1.03. The van der Waals surface area contributed by atoms with Crippen LogP contribution >= 0.6 is 0 Å². The third-order valence-corrected chi connectivity index (χ3v) is 1.62. The number of rotatable bonds is 0. The van der Waals surface area contributed by atoms with Gasteiger partial charge in [0.1, 0.15) is 0 Å². The van der Waals surface area contributed by atoms with E-state index in [2.05, 4.69) is 9.98 Å². The summed E-state index contributed by atoms with van der Waals surface area (Å²) in [5.74, 6) is 0. The van der Waals surface area contributed by atoms with Crippen LogP contribution in [0.5, 0.6) is 0 Å². The SMILES string of the molecule is O=c1ccc2c(cn1)C=NC2. The molecule has 0 amide bonds. The van der Waals surface area contributed by atoms with Crippen molar-refractivity contribution >= 4 is 6.21 Å². The van der Waals surface area contributed by atoms with Crippen LogP contribution in [0.3, 0.4) is 0 Å². The lowest BCUT2D eigenvalue weighted by atomic mass is 10.2. The van der Waals surface area contributed by atoms with E-state index in [4.69, 9.17) is 0 Å². The first-order valence-corrected chi connectivity index (χ1v) is 3.35.